The van der Waals surface area contributed by atoms with E-state index >= 15 is 0 Å². The highest BCUT2D eigenvalue weighted by molar-refractivity contribution is 5.79. The van der Waals surface area contributed by atoms with Gasteiger partial charge in [0.25, 0.3) is 0 Å². The highest BCUT2D eigenvalue weighted by Crippen LogP contribution is 2.26. The Morgan fingerprint density at radius 1 is 1.21 bits per heavy atom. The molecule has 2 N–H and O–H groups in total. The van der Waals surface area contributed by atoms with Crippen LogP contribution in [0.5, 0.6) is 11.5 Å². The number of nitrogens with zero attached hydrogens (tertiary/aromatic N) is 2. The van der Waals surface area contributed by atoms with Gasteiger partial charge in [0.1, 0.15) is 11.5 Å². The van der Waals surface area contributed by atoms with Crippen molar-refractivity contribution in [1.29, 1.82) is 0 Å². The molecule has 0 amide bonds. The van der Waals surface area contributed by atoms with Crippen LogP contribution in [0.4, 0.5) is 0 Å². The normalized spacial score (nSPS) is 18.0. The fourth-order valence-electron chi connectivity index (χ4n) is 3.12. The first-order chi connectivity index (χ1) is 13.6. The van der Waals surface area contributed by atoms with E-state index in [4.69, 9.17) is 9.47 Å². The summed E-state index contributed by atoms with van der Waals surface area (Å²) in [7, 11) is 3.90. The van der Waals surface area contributed by atoms with Crippen molar-refractivity contribution in [2.75, 3.05) is 40.3 Å². The number of aliphatic imine (C=N–C) groups is 1. The van der Waals surface area contributed by atoms with Crippen molar-refractivity contribution in [3.63, 3.8) is 0 Å². The molecule has 1 fully saturated rings. The minimum atomic E-state index is 0.175. The molecule has 150 valence electrons. The predicted octanol–water partition coefficient (Wildman–Crippen LogP) is 2.78. The van der Waals surface area contributed by atoms with E-state index in [1.807, 2.05) is 30.3 Å². The number of likely N-dealkylation sites (N-methyl/N-ethyl adjacent to an activating group) is 1. The highest BCUT2D eigenvalue weighted by atomic mass is 16.5. The van der Waals surface area contributed by atoms with Crippen LogP contribution in [0.15, 0.2) is 53.5 Å². The number of hydrogen-bond acceptors (Lipinski definition) is 4. The van der Waals surface area contributed by atoms with Gasteiger partial charge in [-0.25, -0.2) is 0 Å². The van der Waals surface area contributed by atoms with Crippen molar-refractivity contribution in [1.82, 2.24) is 15.5 Å². The smallest absolute Gasteiger partial charge is 0.191 e. The van der Waals surface area contributed by atoms with Crippen molar-refractivity contribution >= 4 is 5.96 Å². The molecule has 3 rings (SSSR count). The Morgan fingerprint density at radius 2 is 2.04 bits per heavy atom. The minimum absolute atomic E-state index is 0.175. The van der Waals surface area contributed by atoms with Crippen molar-refractivity contribution in [2.45, 2.75) is 19.6 Å². The molecule has 2 aromatic rings. The van der Waals surface area contributed by atoms with Crippen LogP contribution in [0.3, 0.4) is 0 Å². The topological polar surface area (TPSA) is 58.1 Å². The molecule has 1 heterocycles. The number of morpholine rings is 1. The maximum Gasteiger partial charge on any atom is 0.191 e. The standard InChI is InChI=1S/C22H30N4O2/c1-17-9-10-18(21(13-17)28-19-7-5-4-6-8-19)14-24-22(23-2)25-15-20-16-26(3)11-12-27-20/h4-10,13,20H,11-12,14-16H2,1-3H3,(H2,23,24,25). The Bertz CT molecular complexity index is 779. The second-order valence-electron chi connectivity index (χ2n) is 7.09. The number of hydrogen-bond donors (Lipinski definition) is 2. The average Bonchev–Trinajstić information content (AvgIpc) is 2.70. The lowest BCUT2D eigenvalue weighted by atomic mass is 10.1. The van der Waals surface area contributed by atoms with E-state index in [-0.39, 0.29) is 6.10 Å². The third kappa shape index (κ3) is 5.97. The maximum absolute atomic E-state index is 6.10. The summed E-state index contributed by atoms with van der Waals surface area (Å²) in [5, 5.41) is 6.73. The quantitative estimate of drug-likeness (QED) is 0.594. The van der Waals surface area contributed by atoms with Gasteiger partial charge in [-0.3, -0.25) is 4.99 Å². The molecule has 6 heteroatoms. The van der Waals surface area contributed by atoms with Crippen LogP contribution < -0.4 is 15.4 Å². The van der Waals surface area contributed by atoms with Gasteiger partial charge in [-0.05, 0) is 37.7 Å². The Balaban J connectivity index is 1.58. The molecule has 0 aliphatic carbocycles. The largest absolute Gasteiger partial charge is 0.457 e. The summed E-state index contributed by atoms with van der Waals surface area (Å²) in [5.41, 5.74) is 2.24. The zero-order valence-electron chi connectivity index (χ0n) is 16.9. The maximum atomic E-state index is 6.10. The van der Waals surface area contributed by atoms with E-state index < -0.39 is 0 Å². The summed E-state index contributed by atoms with van der Waals surface area (Å²) in [6, 6.07) is 16.1. The molecular formula is C22H30N4O2. The number of guanidine groups is 1. The third-order valence-corrected chi connectivity index (χ3v) is 4.70. The number of benzene rings is 2. The van der Waals surface area contributed by atoms with Gasteiger partial charge in [0.15, 0.2) is 5.96 Å². The van der Waals surface area contributed by atoms with E-state index in [2.05, 4.69) is 52.7 Å². The SMILES string of the molecule is CN=C(NCc1ccc(C)cc1Oc1ccccc1)NCC1CN(C)CCO1. The molecule has 28 heavy (non-hydrogen) atoms. The summed E-state index contributed by atoms with van der Waals surface area (Å²) < 4.78 is 11.9. The number of rotatable bonds is 6. The Morgan fingerprint density at radius 3 is 2.79 bits per heavy atom. The average molecular weight is 383 g/mol. The van der Waals surface area contributed by atoms with Gasteiger partial charge in [-0.1, -0.05) is 30.3 Å². The summed E-state index contributed by atoms with van der Waals surface area (Å²) >= 11 is 0. The van der Waals surface area contributed by atoms with Gasteiger partial charge in [0, 0.05) is 38.8 Å². The number of para-hydroxylation sites is 1. The first-order valence-electron chi connectivity index (χ1n) is 9.71. The molecular weight excluding hydrogens is 352 g/mol. The van der Waals surface area contributed by atoms with Crippen molar-refractivity contribution in [2.24, 2.45) is 4.99 Å². The van der Waals surface area contributed by atoms with Crippen LogP contribution in [-0.2, 0) is 11.3 Å². The molecule has 0 aromatic heterocycles. The van der Waals surface area contributed by atoms with Crippen LogP contribution in [0.1, 0.15) is 11.1 Å². The van der Waals surface area contributed by atoms with Gasteiger partial charge in [-0.15, -0.1) is 0 Å². The van der Waals surface area contributed by atoms with Crippen LogP contribution in [0.25, 0.3) is 0 Å². The predicted molar refractivity (Wildman–Crippen MR) is 113 cm³/mol. The van der Waals surface area contributed by atoms with Gasteiger partial charge in [0.2, 0.25) is 0 Å². The summed E-state index contributed by atoms with van der Waals surface area (Å²) in [5.74, 6) is 2.44. The third-order valence-electron chi connectivity index (χ3n) is 4.70. The van der Waals surface area contributed by atoms with E-state index in [1.54, 1.807) is 7.05 Å². The Labute approximate surface area is 167 Å². The molecule has 1 unspecified atom stereocenters. The van der Waals surface area contributed by atoms with Gasteiger partial charge in [-0.2, -0.15) is 0 Å². The second-order valence-corrected chi connectivity index (χ2v) is 7.09. The van der Waals surface area contributed by atoms with Crippen LogP contribution in [-0.4, -0.2) is 57.3 Å². The van der Waals surface area contributed by atoms with Crippen LogP contribution in [0, 0.1) is 6.92 Å². The molecule has 0 radical (unpaired) electrons. The fourth-order valence-corrected chi connectivity index (χ4v) is 3.12. The summed E-state index contributed by atoms with van der Waals surface area (Å²) in [4.78, 5) is 6.61. The lowest BCUT2D eigenvalue weighted by Crippen LogP contribution is -2.48. The minimum Gasteiger partial charge on any atom is -0.457 e. The molecule has 0 saturated carbocycles. The molecule has 1 saturated heterocycles. The van der Waals surface area contributed by atoms with Crippen LogP contribution in [0.2, 0.25) is 0 Å². The van der Waals surface area contributed by atoms with E-state index in [1.165, 1.54) is 0 Å². The fraction of sp³-hybridized carbons (Fsp3) is 0.409. The van der Waals surface area contributed by atoms with Gasteiger partial charge in [0.05, 0.1) is 12.7 Å². The molecule has 6 nitrogen and oxygen atoms in total. The Hall–Kier alpha value is -2.57. The molecule has 0 bridgehead atoms. The van der Waals surface area contributed by atoms with Crippen molar-refractivity contribution < 1.29 is 9.47 Å². The number of aryl methyl sites for hydroxylation is 1. The van der Waals surface area contributed by atoms with E-state index in [0.29, 0.717) is 6.54 Å². The van der Waals surface area contributed by atoms with E-state index in [9.17, 15) is 0 Å². The van der Waals surface area contributed by atoms with E-state index in [0.717, 1.165) is 54.8 Å². The van der Waals surface area contributed by atoms with Crippen molar-refractivity contribution in [3.05, 3.63) is 59.7 Å². The van der Waals surface area contributed by atoms with Gasteiger partial charge >= 0.3 is 0 Å². The number of ether oxygens (including phenoxy) is 2. The first kappa shape index (κ1) is 20.2. The van der Waals surface area contributed by atoms with Crippen LogP contribution >= 0.6 is 0 Å². The second kappa shape index (κ2) is 10.1. The zero-order chi connectivity index (χ0) is 19.8. The molecule has 1 aliphatic heterocycles. The monoisotopic (exact) mass is 382 g/mol. The lowest BCUT2D eigenvalue weighted by molar-refractivity contribution is -0.0161. The molecule has 1 atom stereocenters. The first-order valence-corrected chi connectivity index (χ1v) is 9.71. The number of nitrogens with one attached hydrogen (secondary N) is 2. The molecule has 1 aliphatic rings. The lowest BCUT2D eigenvalue weighted by Gasteiger charge is -2.30. The zero-order valence-corrected chi connectivity index (χ0v) is 16.9. The molecule has 0 spiro atoms. The van der Waals surface area contributed by atoms with Crippen molar-refractivity contribution in [3.8, 4) is 11.5 Å². The molecule has 2 aromatic carbocycles. The summed E-state index contributed by atoms with van der Waals surface area (Å²) in [6.45, 7) is 6.10. The summed E-state index contributed by atoms with van der Waals surface area (Å²) in [6.07, 6.45) is 0.175. The van der Waals surface area contributed by atoms with Gasteiger partial charge < -0.3 is 25.0 Å². The highest BCUT2D eigenvalue weighted by Gasteiger charge is 2.17. The Kier molecular flexibility index (Phi) is 7.28.